The van der Waals surface area contributed by atoms with Gasteiger partial charge in [-0.15, -0.1) is 0 Å². The molecule has 2 rings (SSSR count). The molecule has 1 heterocycles. The molecule has 1 aliphatic heterocycles. The van der Waals surface area contributed by atoms with E-state index in [0.717, 1.165) is 19.6 Å². The minimum absolute atomic E-state index is 0.0415. The molecule has 0 unspecified atom stereocenters. The minimum atomic E-state index is -0.523. The number of carbonyl (C=O) groups is 1. The molecule has 1 aromatic rings. The van der Waals surface area contributed by atoms with E-state index in [0.29, 0.717) is 5.56 Å². The summed E-state index contributed by atoms with van der Waals surface area (Å²) in [5.41, 5.74) is 0.383. The van der Waals surface area contributed by atoms with E-state index in [2.05, 4.69) is 4.90 Å². The third-order valence-electron chi connectivity index (χ3n) is 4.54. The molecule has 4 nitrogen and oxygen atoms in total. The summed E-state index contributed by atoms with van der Waals surface area (Å²) in [4.78, 5) is 16.7. The topological polar surface area (TPSA) is 32.8 Å². The molecule has 1 aliphatic rings. The van der Waals surface area contributed by atoms with E-state index in [1.165, 1.54) is 31.0 Å². The zero-order valence-electron chi connectivity index (χ0n) is 13.9. The molecule has 6 heteroatoms. The van der Waals surface area contributed by atoms with Crippen molar-refractivity contribution in [3.63, 3.8) is 0 Å². The Morgan fingerprint density at radius 2 is 2.09 bits per heavy atom. The predicted octanol–water partition coefficient (Wildman–Crippen LogP) is 3.05. The van der Waals surface area contributed by atoms with E-state index in [-0.39, 0.29) is 23.1 Å². The first-order valence-electron chi connectivity index (χ1n) is 7.91. The molecule has 2 atom stereocenters. The van der Waals surface area contributed by atoms with Crippen molar-refractivity contribution < 1.29 is 13.9 Å². The second-order valence-electron chi connectivity index (χ2n) is 6.06. The van der Waals surface area contributed by atoms with Crippen molar-refractivity contribution in [3.05, 3.63) is 34.6 Å². The maximum absolute atomic E-state index is 13.3. The Balaban J connectivity index is 2.15. The van der Waals surface area contributed by atoms with E-state index in [9.17, 15) is 9.18 Å². The standard InChI is InChI=1S/C17H24ClFN2O2/c1-12(23-3)16(11-21-8-4-5-9-21)20(2)17(22)13-6-7-15(19)14(18)10-13/h6-7,10,12,16H,4-5,8-9,11H2,1-3H3/t12-,16-/m1/s1. The number of rotatable bonds is 6. The van der Waals surface area contributed by atoms with E-state index < -0.39 is 5.82 Å². The lowest BCUT2D eigenvalue weighted by Crippen LogP contribution is -2.50. The summed E-state index contributed by atoms with van der Waals surface area (Å²) < 4.78 is 18.8. The Bertz CT molecular complexity index is 549. The summed E-state index contributed by atoms with van der Waals surface area (Å²) in [5.74, 6) is -0.704. The largest absolute Gasteiger partial charge is 0.380 e. The number of likely N-dealkylation sites (tertiary alicyclic amines) is 1. The summed E-state index contributed by atoms with van der Waals surface area (Å²) in [7, 11) is 3.41. The van der Waals surface area contributed by atoms with Gasteiger partial charge in [0.1, 0.15) is 5.82 Å². The van der Waals surface area contributed by atoms with Crippen molar-refractivity contribution in [1.29, 1.82) is 0 Å². The maximum atomic E-state index is 13.3. The number of ether oxygens (including phenoxy) is 1. The number of nitrogens with zero attached hydrogens (tertiary/aromatic N) is 2. The van der Waals surface area contributed by atoms with Crippen molar-refractivity contribution in [3.8, 4) is 0 Å². The highest BCUT2D eigenvalue weighted by molar-refractivity contribution is 6.31. The third-order valence-corrected chi connectivity index (χ3v) is 4.83. The number of amides is 1. The zero-order chi connectivity index (χ0) is 17.0. The maximum Gasteiger partial charge on any atom is 0.254 e. The van der Waals surface area contributed by atoms with Crippen molar-refractivity contribution in [2.75, 3.05) is 33.8 Å². The van der Waals surface area contributed by atoms with Crippen LogP contribution in [-0.4, -0.2) is 61.6 Å². The van der Waals surface area contributed by atoms with Gasteiger partial charge in [0.25, 0.3) is 5.91 Å². The van der Waals surface area contributed by atoms with Gasteiger partial charge in [0.2, 0.25) is 0 Å². The van der Waals surface area contributed by atoms with Crippen LogP contribution in [-0.2, 0) is 4.74 Å². The zero-order valence-corrected chi connectivity index (χ0v) is 14.6. The lowest BCUT2D eigenvalue weighted by Gasteiger charge is -2.35. The quantitative estimate of drug-likeness (QED) is 0.796. The number of methoxy groups -OCH3 is 1. The van der Waals surface area contributed by atoms with E-state index >= 15 is 0 Å². The van der Waals surface area contributed by atoms with Crippen molar-refractivity contribution in [1.82, 2.24) is 9.80 Å². The molecular weight excluding hydrogens is 319 g/mol. The van der Waals surface area contributed by atoms with Gasteiger partial charge in [-0.2, -0.15) is 0 Å². The molecule has 0 N–H and O–H groups in total. The number of hydrogen-bond acceptors (Lipinski definition) is 3. The molecule has 23 heavy (non-hydrogen) atoms. The molecule has 0 aliphatic carbocycles. The Hall–Kier alpha value is -1.17. The second kappa shape index (κ2) is 8.08. The number of benzene rings is 1. The summed E-state index contributed by atoms with van der Waals surface area (Å²) in [6.45, 7) is 4.84. The first-order chi connectivity index (χ1) is 10.9. The summed E-state index contributed by atoms with van der Waals surface area (Å²) >= 11 is 5.79. The van der Waals surface area contributed by atoms with Crippen LogP contribution in [0.4, 0.5) is 4.39 Å². The summed E-state index contributed by atoms with van der Waals surface area (Å²) in [6.07, 6.45) is 2.29. The van der Waals surface area contributed by atoms with E-state index in [1.807, 2.05) is 6.92 Å². The van der Waals surface area contributed by atoms with Gasteiger partial charge in [-0.25, -0.2) is 4.39 Å². The molecule has 128 valence electrons. The van der Waals surface area contributed by atoms with Gasteiger partial charge in [-0.05, 0) is 51.1 Å². The first kappa shape index (κ1) is 18.2. The van der Waals surface area contributed by atoms with Crippen LogP contribution in [0.2, 0.25) is 5.02 Å². The molecule has 0 spiro atoms. The third kappa shape index (κ3) is 4.43. The molecule has 1 saturated heterocycles. The first-order valence-corrected chi connectivity index (χ1v) is 8.29. The van der Waals surface area contributed by atoms with Gasteiger partial charge in [0.15, 0.2) is 0 Å². The molecule has 0 saturated carbocycles. The average Bonchev–Trinajstić information content (AvgIpc) is 3.06. The molecule has 0 bridgehead atoms. The Kier molecular flexibility index (Phi) is 6.39. The summed E-state index contributed by atoms with van der Waals surface area (Å²) in [5, 5.41) is -0.0415. The lowest BCUT2D eigenvalue weighted by molar-refractivity contribution is 0.0197. The van der Waals surface area contributed by atoms with Crippen LogP contribution < -0.4 is 0 Å². The highest BCUT2D eigenvalue weighted by atomic mass is 35.5. The highest BCUT2D eigenvalue weighted by Gasteiger charge is 2.29. The van der Waals surface area contributed by atoms with Crippen molar-refractivity contribution in [2.45, 2.75) is 31.9 Å². The number of likely N-dealkylation sites (N-methyl/N-ethyl adjacent to an activating group) is 1. The van der Waals surface area contributed by atoms with Crippen LogP contribution in [0.15, 0.2) is 18.2 Å². The SMILES string of the molecule is CO[C@H](C)[C@@H](CN1CCCC1)N(C)C(=O)c1ccc(F)c(Cl)c1. The van der Waals surface area contributed by atoms with Gasteiger partial charge in [0.05, 0.1) is 17.2 Å². The Morgan fingerprint density at radius 1 is 1.43 bits per heavy atom. The van der Waals surface area contributed by atoms with Crippen LogP contribution in [0, 0.1) is 5.82 Å². The van der Waals surface area contributed by atoms with E-state index in [1.54, 1.807) is 19.1 Å². The smallest absolute Gasteiger partial charge is 0.254 e. The average molecular weight is 343 g/mol. The fourth-order valence-corrected chi connectivity index (χ4v) is 3.14. The predicted molar refractivity (Wildman–Crippen MR) is 89.4 cm³/mol. The van der Waals surface area contributed by atoms with Crippen LogP contribution in [0.1, 0.15) is 30.1 Å². The fourth-order valence-electron chi connectivity index (χ4n) is 2.96. The summed E-state index contributed by atoms with van der Waals surface area (Å²) in [6, 6.07) is 3.98. The molecule has 1 aromatic carbocycles. The van der Waals surface area contributed by atoms with Crippen LogP contribution in [0.25, 0.3) is 0 Å². The van der Waals surface area contributed by atoms with Gasteiger partial charge in [-0.3, -0.25) is 4.79 Å². The van der Waals surface area contributed by atoms with Crippen LogP contribution in [0.5, 0.6) is 0 Å². The number of hydrogen-bond donors (Lipinski definition) is 0. The minimum Gasteiger partial charge on any atom is -0.380 e. The Morgan fingerprint density at radius 3 is 2.65 bits per heavy atom. The number of carbonyl (C=O) groups excluding carboxylic acids is 1. The molecule has 0 radical (unpaired) electrons. The molecular formula is C17H24ClFN2O2. The van der Waals surface area contributed by atoms with Gasteiger partial charge >= 0.3 is 0 Å². The monoisotopic (exact) mass is 342 g/mol. The van der Waals surface area contributed by atoms with Crippen molar-refractivity contribution in [2.24, 2.45) is 0 Å². The molecule has 1 amide bonds. The normalized spacial score (nSPS) is 18.0. The van der Waals surface area contributed by atoms with Gasteiger partial charge in [-0.1, -0.05) is 11.6 Å². The van der Waals surface area contributed by atoms with Gasteiger partial charge < -0.3 is 14.5 Å². The van der Waals surface area contributed by atoms with Crippen LogP contribution in [0.3, 0.4) is 0 Å². The molecule has 1 fully saturated rings. The van der Waals surface area contributed by atoms with E-state index in [4.69, 9.17) is 16.3 Å². The van der Waals surface area contributed by atoms with Crippen LogP contribution >= 0.6 is 11.6 Å². The number of halogens is 2. The Labute approximate surface area is 142 Å². The highest BCUT2D eigenvalue weighted by Crippen LogP contribution is 2.20. The second-order valence-corrected chi connectivity index (χ2v) is 6.47. The lowest BCUT2D eigenvalue weighted by atomic mass is 10.1. The van der Waals surface area contributed by atoms with Gasteiger partial charge in [0, 0.05) is 26.3 Å². The molecule has 0 aromatic heterocycles. The van der Waals surface area contributed by atoms with Crippen molar-refractivity contribution >= 4 is 17.5 Å². The fraction of sp³-hybridized carbons (Fsp3) is 0.588.